The Bertz CT molecular complexity index is 456. The Labute approximate surface area is 119 Å². The number of benzene rings is 1. The summed E-state index contributed by atoms with van der Waals surface area (Å²) in [7, 11) is 0. The molecule has 1 unspecified atom stereocenters. The average molecular weight is 278 g/mol. The number of aliphatic hydroxyl groups is 1. The Morgan fingerprint density at radius 2 is 1.90 bits per heavy atom. The summed E-state index contributed by atoms with van der Waals surface area (Å²) in [5.74, 6) is -1.43. The highest BCUT2D eigenvalue weighted by molar-refractivity contribution is 6.39. The lowest BCUT2D eigenvalue weighted by atomic mass is 10.1. The maximum atomic E-state index is 11.8. The van der Waals surface area contributed by atoms with Crippen molar-refractivity contribution in [3.05, 3.63) is 29.8 Å². The summed E-state index contributed by atoms with van der Waals surface area (Å²) in [6, 6.07) is 7.03. The van der Waals surface area contributed by atoms with Crippen LogP contribution in [0, 0.1) is 0 Å². The van der Waals surface area contributed by atoms with Gasteiger partial charge in [-0.3, -0.25) is 9.59 Å². The van der Waals surface area contributed by atoms with E-state index in [4.69, 9.17) is 5.11 Å². The Morgan fingerprint density at radius 1 is 1.20 bits per heavy atom. The molecular formula is C15H22N2O3. The number of amides is 2. The van der Waals surface area contributed by atoms with Gasteiger partial charge in [0.2, 0.25) is 0 Å². The van der Waals surface area contributed by atoms with Gasteiger partial charge < -0.3 is 15.7 Å². The maximum Gasteiger partial charge on any atom is 0.313 e. The number of hydrogen-bond acceptors (Lipinski definition) is 3. The van der Waals surface area contributed by atoms with Crippen LogP contribution in [0.25, 0.3) is 0 Å². The lowest BCUT2D eigenvalue weighted by molar-refractivity contribution is -0.136. The molecule has 0 aliphatic heterocycles. The molecule has 1 atom stereocenters. The van der Waals surface area contributed by atoms with E-state index in [-0.39, 0.29) is 12.6 Å². The van der Waals surface area contributed by atoms with Gasteiger partial charge in [0, 0.05) is 5.69 Å². The van der Waals surface area contributed by atoms with Gasteiger partial charge in [-0.15, -0.1) is 0 Å². The van der Waals surface area contributed by atoms with Crippen LogP contribution in [0.2, 0.25) is 0 Å². The number of carbonyl (C=O) groups is 2. The molecule has 2 amide bonds. The minimum atomic E-state index is -0.725. The van der Waals surface area contributed by atoms with Gasteiger partial charge in [0.1, 0.15) is 0 Å². The van der Waals surface area contributed by atoms with Gasteiger partial charge in [-0.25, -0.2) is 0 Å². The lowest BCUT2D eigenvalue weighted by Gasteiger charge is -2.14. The van der Waals surface area contributed by atoms with Crippen molar-refractivity contribution in [1.29, 1.82) is 0 Å². The fourth-order valence-corrected chi connectivity index (χ4v) is 1.84. The number of carbonyl (C=O) groups excluding carboxylic acids is 2. The Morgan fingerprint density at radius 3 is 2.50 bits per heavy atom. The molecule has 0 aromatic heterocycles. The third-order valence-electron chi connectivity index (χ3n) is 3.04. The van der Waals surface area contributed by atoms with Crippen LogP contribution in [0.1, 0.15) is 32.3 Å². The molecule has 1 aromatic carbocycles. The number of aliphatic hydroxyl groups excluding tert-OH is 1. The molecule has 0 saturated carbocycles. The van der Waals surface area contributed by atoms with E-state index < -0.39 is 11.8 Å². The quantitative estimate of drug-likeness (QED) is 0.689. The second-order valence-corrected chi connectivity index (χ2v) is 4.62. The van der Waals surface area contributed by atoms with Crippen molar-refractivity contribution in [2.75, 3.05) is 11.9 Å². The predicted molar refractivity (Wildman–Crippen MR) is 78.4 cm³/mol. The smallest absolute Gasteiger partial charge is 0.313 e. The summed E-state index contributed by atoms with van der Waals surface area (Å²) in [6.07, 6.45) is 2.37. The monoisotopic (exact) mass is 278 g/mol. The van der Waals surface area contributed by atoms with Gasteiger partial charge in [0.25, 0.3) is 0 Å². The highest BCUT2D eigenvalue weighted by Gasteiger charge is 2.18. The average Bonchev–Trinajstić information content (AvgIpc) is 2.46. The van der Waals surface area contributed by atoms with Crippen LogP contribution in [-0.2, 0) is 16.0 Å². The van der Waals surface area contributed by atoms with E-state index in [9.17, 15) is 9.59 Å². The third kappa shape index (κ3) is 4.66. The topological polar surface area (TPSA) is 78.4 Å². The molecule has 110 valence electrons. The maximum absolute atomic E-state index is 11.8. The minimum Gasteiger partial charge on any atom is -0.394 e. The zero-order valence-electron chi connectivity index (χ0n) is 12.0. The van der Waals surface area contributed by atoms with Crippen molar-refractivity contribution in [3.63, 3.8) is 0 Å². The second-order valence-electron chi connectivity index (χ2n) is 4.62. The number of para-hydroxylation sites is 1. The molecule has 0 aliphatic carbocycles. The normalized spacial score (nSPS) is 11.8. The third-order valence-corrected chi connectivity index (χ3v) is 3.04. The first-order chi connectivity index (χ1) is 9.62. The molecule has 5 heteroatoms. The first-order valence-corrected chi connectivity index (χ1v) is 6.92. The molecule has 0 radical (unpaired) electrons. The van der Waals surface area contributed by atoms with E-state index in [2.05, 4.69) is 17.6 Å². The summed E-state index contributed by atoms with van der Waals surface area (Å²) in [4.78, 5) is 23.5. The first-order valence-electron chi connectivity index (χ1n) is 6.92. The van der Waals surface area contributed by atoms with Crippen LogP contribution in [0.5, 0.6) is 0 Å². The van der Waals surface area contributed by atoms with E-state index in [0.29, 0.717) is 12.1 Å². The van der Waals surface area contributed by atoms with Crippen LogP contribution >= 0.6 is 0 Å². The number of hydrogen-bond donors (Lipinski definition) is 3. The minimum absolute atomic E-state index is 0.179. The van der Waals surface area contributed by atoms with Crippen molar-refractivity contribution in [1.82, 2.24) is 5.32 Å². The van der Waals surface area contributed by atoms with Crippen molar-refractivity contribution in [3.8, 4) is 0 Å². The van der Waals surface area contributed by atoms with E-state index >= 15 is 0 Å². The molecule has 5 nitrogen and oxygen atoms in total. The molecule has 0 heterocycles. The largest absolute Gasteiger partial charge is 0.394 e. The van der Waals surface area contributed by atoms with Crippen molar-refractivity contribution in [2.24, 2.45) is 0 Å². The fraction of sp³-hybridized carbons (Fsp3) is 0.467. The molecule has 0 fully saturated rings. The summed E-state index contributed by atoms with van der Waals surface area (Å²) in [6.45, 7) is 3.70. The lowest BCUT2D eigenvalue weighted by Crippen LogP contribution is -2.43. The second kappa shape index (κ2) is 8.32. The highest BCUT2D eigenvalue weighted by atomic mass is 16.3. The molecule has 0 aliphatic rings. The molecule has 1 rings (SSSR count). The number of anilines is 1. The van der Waals surface area contributed by atoms with Crippen LogP contribution in [0.15, 0.2) is 24.3 Å². The highest BCUT2D eigenvalue weighted by Crippen LogP contribution is 2.16. The first kappa shape index (κ1) is 16.2. The van der Waals surface area contributed by atoms with E-state index in [1.807, 2.05) is 25.1 Å². The summed E-state index contributed by atoms with van der Waals surface area (Å²) in [5.41, 5.74) is 1.66. The summed E-state index contributed by atoms with van der Waals surface area (Å²) in [5, 5.41) is 14.1. The Balaban J connectivity index is 2.68. The molecule has 3 N–H and O–H groups in total. The number of rotatable bonds is 6. The van der Waals surface area contributed by atoms with Gasteiger partial charge in [-0.05, 0) is 24.5 Å². The van der Waals surface area contributed by atoms with Gasteiger partial charge in [-0.2, -0.15) is 0 Å². The zero-order valence-corrected chi connectivity index (χ0v) is 12.0. The number of aryl methyl sites for hydroxylation is 1. The zero-order chi connectivity index (χ0) is 15.0. The summed E-state index contributed by atoms with van der Waals surface area (Å²) >= 11 is 0. The van der Waals surface area contributed by atoms with Gasteiger partial charge in [0.15, 0.2) is 0 Å². The van der Waals surface area contributed by atoms with Crippen LogP contribution in [-0.4, -0.2) is 29.6 Å². The fourth-order valence-electron chi connectivity index (χ4n) is 1.84. The predicted octanol–water partition coefficient (Wildman–Crippen LogP) is 1.46. The number of nitrogens with one attached hydrogen (secondary N) is 2. The Hall–Kier alpha value is -1.88. The molecule has 1 aromatic rings. The summed E-state index contributed by atoms with van der Waals surface area (Å²) < 4.78 is 0. The van der Waals surface area contributed by atoms with E-state index in [1.165, 1.54) is 0 Å². The van der Waals surface area contributed by atoms with Crippen LogP contribution in [0.3, 0.4) is 0 Å². The van der Waals surface area contributed by atoms with Crippen LogP contribution < -0.4 is 10.6 Å². The van der Waals surface area contributed by atoms with E-state index in [0.717, 1.165) is 18.4 Å². The molecule has 20 heavy (non-hydrogen) atoms. The van der Waals surface area contributed by atoms with Crippen molar-refractivity contribution in [2.45, 2.75) is 39.2 Å². The van der Waals surface area contributed by atoms with Gasteiger partial charge in [-0.1, -0.05) is 38.5 Å². The van der Waals surface area contributed by atoms with Gasteiger partial charge in [0.05, 0.1) is 12.6 Å². The van der Waals surface area contributed by atoms with Crippen LogP contribution in [0.4, 0.5) is 5.69 Å². The molecular weight excluding hydrogens is 256 g/mol. The standard InChI is InChI=1S/C15H22N2O3/c1-3-7-11-8-5-6-9-13(11)17-15(20)14(19)16-12(4-2)10-18/h5-6,8-9,12,18H,3-4,7,10H2,1-2H3,(H,16,19)(H,17,20). The van der Waals surface area contributed by atoms with Crippen molar-refractivity contribution < 1.29 is 14.7 Å². The molecule has 0 bridgehead atoms. The van der Waals surface area contributed by atoms with E-state index in [1.54, 1.807) is 6.07 Å². The molecule has 0 saturated heterocycles. The SMILES string of the molecule is CCCc1ccccc1NC(=O)C(=O)NC(CC)CO. The Kier molecular flexibility index (Phi) is 6.73. The van der Waals surface area contributed by atoms with Crippen molar-refractivity contribution >= 4 is 17.5 Å². The van der Waals surface area contributed by atoms with Gasteiger partial charge >= 0.3 is 11.8 Å². The molecule has 0 spiro atoms.